The van der Waals surface area contributed by atoms with Crippen LogP contribution in [0.3, 0.4) is 0 Å². The van der Waals surface area contributed by atoms with Crippen molar-refractivity contribution in [3.63, 3.8) is 0 Å². The van der Waals surface area contributed by atoms with Crippen molar-refractivity contribution in [1.29, 1.82) is 0 Å². The molecule has 0 radical (unpaired) electrons. The lowest BCUT2D eigenvalue weighted by molar-refractivity contribution is 0.482. The van der Waals surface area contributed by atoms with E-state index in [1.165, 1.54) is 6.07 Å². The third-order valence-electron chi connectivity index (χ3n) is 2.75. The van der Waals surface area contributed by atoms with Crippen LogP contribution in [0.1, 0.15) is 0 Å². The summed E-state index contributed by atoms with van der Waals surface area (Å²) in [6.07, 6.45) is 1.68. The molecule has 0 fully saturated rings. The number of phenolic OH excluding ortho intramolecular Hbond substituents is 1. The maximum absolute atomic E-state index is 10.1. The Labute approximate surface area is 107 Å². The molecular weight excluding hydrogens is 257 g/mol. The van der Waals surface area contributed by atoms with Crippen molar-refractivity contribution < 1.29 is 5.11 Å². The number of fused-ring (bicyclic) bond motifs is 3. The van der Waals surface area contributed by atoms with Gasteiger partial charge in [-0.25, -0.2) is 0 Å². The van der Waals surface area contributed by atoms with Crippen molar-refractivity contribution >= 4 is 44.9 Å². The number of pyridine rings is 1. The highest BCUT2D eigenvalue weighted by molar-refractivity contribution is 6.41. The largest absolute Gasteiger partial charge is 0.506 e. The summed E-state index contributed by atoms with van der Waals surface area (Å²) < 4.78 is 0. The van der Waals surface area contributed by atoms with Gasteiger partial charge in [-0.15, -0.1) is 0 Å². The molecule has 0 aliphatic carbocycles. The first-order chi connectivity index (χ1) is 8.18. The normalized spacial score (nSPS) is 11.2. The molecule has 0 saturated carbocycles. The SMILES string of the molecule is Oc1c(Cl)cc(Cl)c2ccc3cccnc3c12. The van der Waals surface area contributed by atoms with E-state index < -0.39 is 0 Å². The Kier molecular flexibility index (Phi) is 2.35. The maximum Gasteiger partial charge on any atom is 0.144 e. The second-order valence-electron chi connectivity index (χ2n) is 3.75. The average Bonchev–Trinajstić information content (AvgIpc) is 2.35. The first kappa shape index (κ1) is 10.6. The highest BCUT2D eigenvalue weighted by Gasteiger charge is 2.12. The van der Waals surface area contributed by atoms with Crippen LogP contribution in [0.5, 0.6) is 5.75 Å². The molecule has 3 rings (SSSR count). The summed E-state index contributed by atoms with van der Waals surface area (Å²) in [5, 5.41) is 13.1. The zero-order valence-corrected chi connectivity index (χ0v) is 10.1. The van der Waals surface area contributed by atoms with Crippen LogP contribution in [0.15, 0.2) is 36.5 Å². The molecule has 1 aromatic heterocycles. The molecular formula is C13H7Cl2NO. The third kappa shape index (κ3) is 1.53. The van der Waals surface area contributed by atoms with Crippen molar-refractivity contribution in [3.05, 3.63) is 46.6 Å². The molecule has 4 heteroatoms. The van der Waals surface area contributed by atoms with E-state index in [1.807, 2.05) is 24.3 Å². The Hall–Kier alpha value is -1.51. The van der Waals surface area contributed by atoms with Crippen LogP contribution in [0.4, 0.5) is 0 Å². The van der Waals surface area contributed by atoms with Crippen LogP contribution in [-0.4, -0.2) is 10.1 Å². The summed E-state index contributed by atoms with van der Waals surface area (Å²) >= 11 is 12.0. The number of aromatic nitrogens is 1. The molecule has 2 aromatic carbocycles. The van der Waals surface area contributed by atoms with Crippen LogP contribution in [0.25, 0.3) is 21.7 Å². The Morgan fingerprint density at radius 2 is 1.88 bits per heavy atom. The van der Waals surface area contributed by atoms with Gasteiger partial charge in [-0.1, -0.05) is 41.4 Å². The molecule has 1 heterocycles. The van der Waals surface area contributed by atoms with Gasteiger partial charge in [0.2, 0.25) is 0 Å². The van der Waals surface area contributed by atoms with E-state index in [9.17, 15) is 5.11 Å². The van der Waals surface area contributed by atoms with Crippen molar-refractivity contribution in [2.45, 2.75) is 0 Å². The lowest BCUT2D eigenvalue weighted by Gasteiger charge is -2.08. The van der Waals surface area contributed by atoms with Gasteiger partial charge >= 0.3 is 0 Å². The predicted molar refractivity (Wildman–Crippen MR) is 70.9 cm³/mol. The third-order valence-corrected chi connectivity index (χ3v) is 3.35. The van der Waals surface area contributed by atoms with Gasteiger partial charge in [-0.3, -0.25) is 4.98 Å². The van der Waals surface area contributed by atoms with Gasteiger partial charge in [-0.2, -0.15) is 0 Å². The fourth-order valence-corrected chi connectivity index (χ4v) is 2.49. The summed E-state index contributed by atoms with van der Waals surface area (Å²) in [4.78, 5) is 4.28. The van der Waals surface area contributed by atoms with Gasteiger partial charge in [0, 0.05) is 17.0 Å². The van der Waals surface area contributed by atoms with Gasteiger partial charge in [0.1, 0.15) is 5.75 Å². The summed E-state index contributed by atoms with van der Waals surface area (Å²) in [7, 11) is 0. The van der Waals surface area contributed by atoms with Crippen molar-refractivity contribution in [3.8, 4) is 5.75 Å². The zero-order valence-electron chi connectivity index (χ0n) is 8.61. The lowest BCUT2D eigenvalue weighted by Crippen LogP contribution is -1.84. The van der Waals surface area contributed by atoms with E-state index in [0.717, 1.165) is 10.8 Å². The van der Waals surface area contributed by atoms with Crippen LogP contribution in [0.2, 0.25) is 10.0 Å². The number of hydrogen-bond acceptors (Lipinski definition) is 2. The topological polar surface area (TPSA) is 33.1 Å². The van der Waals surface area contributed by atoms with Crippen LogP contribution < -0.4 is 0 Å². The Morgan fingerprint density at radius 3 is 2.71 bits per heavy atom. The lowest BCUT2D eigenvalue weighted by atomic mass is 10.1. The fraction of sp³-hybridized carbons (Fsp3) is 0. The van der Waals surface area contributed by atoms with Gasteiger partial charge in [0.05, 0.1) is 20.9 Å². The number of nitrogens with zero attached hydrogens (tertiary/aromatic N) is 1. The molecule has 0 unspecified atom stereocenters. The highest BCUT2D eigenvalue weighted by atomic mass is 35.5. The average molecular weight is 264 g/mol. The smallest absolute Gasteiger partial charge is 0.144 e. The second kappa shape index (κ2) is 3.76. The molecule has 84 valence electrons. The van der Waals surface area contributed by atoms with Crippen molar-refractivity contribution in [2.75, 3.05) is 0 Å². The molecule has 17 heavy (non-hydrogen) atoms. The molecule has 0 saturated heterocycles. The Bertz CT molecular complexity index is 740. The minimum Gasteiger partial charge on any atom is -0.506 e. The summed E-state index contributed by atoms with van der Waals surface area (Å²) in [5.74, 6) is 0.0235. The van der Waals surface area contributed by atoms with E-state index in [0.29, 0.717) is 15.9 Å². The highest BCUT2D eigenvalue weighted by Crippen LogP contribution is 2.40. The summed E-state index contributed by atoms with van der Waals surface area (Å²) in [6.45, 7) is 0. The van der Waals surface area contributed by atoms with E-state index in [4.69, 9.17) is 23.2 Å². The first-order valence-corrected chi connectivity index (χ1v) is 5.78. The first-order valence-electron chi connectivity index (χ1n) is 5.03. The molecule has 0 atom stereocenters. The number of rotatable bonds is 0. The molecule has 0 aliphatic heterocycles. The van der Waals surface area contributed by atoms with Crippen LogP contribution in [-0.2, 0) is 0 Å². The minimum absolute atomic E-state index is 0.0235. The number of halogens is 2. The Balaban J connectivity index is 2.65. The predicted octanol–water partition coefficient (Wildman–Crippen LogP) is 4.40. The maximum atomic E-state index is 10.1. The fourth-order valence-electron chi connectivity index (χ4n) is 1.96. The number of aromatic hydroxyl groups is 1. The number of benzene rings is 2. The van der Waals surface area contributed by atoms with Gasteiger partial charge in [0.25, 0.3) is 0 Å². The zero-order chi connectivity index (χ0) is 12.0. The van der Waals surface area contributed by atoms with Crippen LogP contribution in [0, 0.1) is 0 Å². The number of phenols is 1. The molecule has 1 N–H and O–H groups in total. The van der Waals surface area contributed by atoms with E-state index in [2.05, 4.69) is 4.98 Å². The minimum atomic E-state index is 0.0235. The molecule has 0 bridgehead atoms. The van der Waals surface area contributed by atoms with E-state index >= 15 is 0 Å². The standard InChI is InChI=1S/C13H7Cl2NO/c14-9-6-10(15)13(17)11-8(9)4-3-7-2-1-5-16-12(7)11/h1-6,17H. The monoisotopic (exact) mass is 263 g/mol. The molecule has 3 aromatic rings. The van der Waals surface area contributed by atoms with Gasteiger partial charge < -0.3 is 5.11 Å². The van der Waals surface area contributed by atoms with E-state index in [-0.39, 0.29) is 10.8 Å². The number of hydrogen-bond donors (Lipinski definition) is 1. The molecule has 0 amide bonds. The second-order valence-corrected chi connectivity index (χ2v) is 4.57. The summed E-state index contributed by atoms with van der Waals surface area (Å²) in [6, 6.07) is 9.09. The molecule has 0 aliphatic rings. The van der Waals surface area contributed by atoms with Gasteiger partial charge in [-0.05, 0) is 12.1 Å². The van der Waals surface area contributed by atoms with Gasteiger partial charge in [0.15, 0.2) is 0 Å². The quantitative estimate of drug-likeness (QED) is 0.610. The van der Waals surface area contributed by atoms with Crippen LogP contribution >= 0.6 is 23.2 Å². The summed E-state index contributed by atoms with van der Waals surface area (Å²) in [5.41, 5.74) is 0.701. The Morgan fingerprint density at radius 1 is 1.06 bits per heavy atom. The van der Waals surface area contributed by atoms with Crippen molar-refractivity contribution in [2.24, 2.45) is 0 Å². The molecule has 2 nitrogen and oxygen atoms in total. The molecule has 0 spiro atoms. The van der Waals surface area contributed by atoms with E-state index in [1.54, 1.807) is 6.20 Å². The van der Waals surface area contributed by atoms with Crippen molar-refractivity contribution in [1.82, 2.24) is 4.98 Å².